The highest BCUT2D eigenvalue weighted by Gasteiger charge is 2.27. The van der Waals surface area contributed by atoms with Crippen molar-refractivity contribution in [3.63, 3.8) is 0 Å². The summed E-state index contributed by atoms with van der Waals surface area (Å²) in [6, 6.07) is 1.60. The first kappa shape index (κ1) is 13.4. The highest BCUT2D eigenvalue weighted by atomic mass is 15.1. The number of nitrogens with one attached hydrogen (secondary N) is 1. The fraction of sp³-hybridized carbons (Fsp3) is 1.00. The van der Waals surface area contributed by atoms with Crippen LogP contribution in [0.25, 0.3) is 0 Å². The minimum absolute atomic E-state index is 0.745. The normalized spacial score (nSPS) is 31.8. The minimum Gasteiger partial charge on any atom is -0.313 e. The summed E-state index contributed by atoms with van der Waals surface area (Å²) in [5, 5.41) is 3.68. The molecule has 1 N–H and O–H groups in total. The Morgan fingerprint density at radius 2 is 1.76 bits per heavy atom. The molecule has 100 valence electrons. The number of hydrogen-bond acceptors (Lipinski definition) is 2. The van der Waals surface area contributed by atoms with E-state index in [0.29, 0.717) is 0 Å². The Balaban J connectivity index is 1.58. The van der Waals surface area contributed by atoms with E-state index in [4.69, 9.17) is 0 Å². The van der Waals surface area contributed by atoms with Gasteiger partial charge >= 0.3 is 0 Å². The molecule has 0 heterocycles. The van der Waals surface area contributed by atoms with Crippen LogP contribution >= 0.6 is 0 Å². The van der Waals surface area contributed by atoms with Crippen molar-refractivity contribution in [2.45, 2.75) is 64.5 Å². The van der Waals surface area contributed by atoms with Gasteiger partial charge in [-0.25, -0.2) is 0 Å². The molecule has 2 nitrogen and oxygen atoms in total. The Kier molecular flexibility index (Phi) is 4.87. The summed E-state index contributed by atoms with van der Waals surface area (Å²) < 4.78 is 0. The van der Waals surface area contributed by atoms with E-state index < -0.39 is 0 Å². The molecule has 1 unspecified atom stereocenters. The Morgan fingerprint density at radius 1 is 1.12 bits per heavy atom. The third-order valence-electron chi connectivity index (χ3n) is 4.87. The topological polar surface area (TPSA) is 15.3 Å². The zero-order chi connectivity index (χ0) is 12.3. The van der Waals surface area contributed by atoms with Crippen LogP contribution in [0.4, 0.5) is 0 Å². The zero-order valence-electron chi connectivity index (χ0n) is 11.9. The summed E-state index contributed by atoms with van der Waals surface area (Å²) >= 11 is 0. The maximum atomic E-state index is 3.68. The number of nitrogens with zero attached hydrogens (tertiary/aromatic N) is 1. The average molecular weight is 238 g/mol. The first-order chi connectivity index (χ1) is 8.16. The van der Waals surface area contributed by atoms with Gasteiger partial charge < -0.3 is 10.2 Å². The lowest BCUT2D eigenvalue weighted by Crippen LogP contribution is -2.41. The summed E-state index contributed by atoms with van der Waals surface area (Å²) in [6.07, 6.45) is 8.59. The first-order valence-corrected chi connectivity index (χ1v) is 7.60. The highest BCUT2D eigenvalue weighted by Crippen LogP contribution is 2.32. The van der Waals surface area contributed by atoms with Crippen LogP contribution in [-0.2, 0) is 0 Å². The van der Waals surface area contributed by atoms with Gasteiger partial charge in [0.1, 0.15) is 0 Å². The van der Waals surface area contributed by atoms with Crippen LogP contribution in [0.5, 0.6) is 0 Å². The lowest BCUT2D eigenvalue weighted by atomic mass is 9.87. The summed E-state index contributed by atoms with van der Waals surface area (Å²) in [4.78, 5) is 2.58. The minimum atomic E-state index is 0.745. The van der Waals surface area contributed by atoms with E-state index in [0.717, 1.165) is 23.9 Å². The molecule has 0 bridgehead atoms. The quantitative estimate of drug-likeness (QED) is 0.765. The van der Waals surface area contributed by atoms with Gasteiger partial charge in [-0.3, -0.25) is 0 Å². The molecule has 2 fully saturated rings. The van der Waals surface area contributed by atoms with Crippen molar-refractivity contribution in [2.75, 3.05) is 20.1 Å². The standard InChI is InChI=1S/C15H30N2/c1-12-4-8-15(9-5-12)17(3)11-10-16-13(2)14-6-7-14/h12-16H,4-11H2,1-3H3. The van der Waals surface area contributed by atoms with Gasteiger partial charge in [0.05, 0.1) is 0 Å². The summed E-state index contributed by atoms with van der Waals surface area (Å²) in [7, 11) is 2.31. The second-order valence-electron chi connectivity index (χ2n) is 6.47. The van der Waals surface area contributed by atoms with Crippen LogP contribution in [0.3, 0.4) is 0 Å². The van der Waals surface area contributed by atoms with Gasteiger partial charge in [-0.1, -0.05) is 6.92 Å². The number of hydrogen-bond donors (Lipinski definition) is 1. The average Bonchev–Trinajstić information content (AvgIpc) is 3.13. The predicted octanol–water partition coefficient (Wildman–Crippen LogP) is 2.89. The van der Waals surface area contributed by atoms with Gasteiger partial charge in [-0.15, -0.1) is 0 Å². The fourth-order valence-corrected chi connectivity index (χ4v) is 3.10. The third kappa shape index (κ3) is 4.26. The van der Waals surface area contributed by atoms with Crippen molar-refractivity contribution in [1.29, 1.82) is 0 Å². The molecule has 2 saturated carbocycles. The van der Waals surface area contributed by atoms with E-state index in [9.17, 15) is 0 Å². The molecule has 0 amide bonds. The van der Waals surface area contributed by atoms with Crippen LogP contribution in [0.15, 0.2) is 0 Å². The Morgan fingerprint density at radius 3 is 2.35 bits per heavy atom. The van der Waals surface area contributed by atoms with Gasteiger partial charge in [0.15, 0.2) is 0 Å². The molecule has 2 heteroatoms. The van der Waals surface area contributed by atoms with Crippen LogP contribution in [-0.4, -0.2) is 37.1 Å². The van der Waals surface area contributed by atoms with Crippen LogP contribution in [0.1, 0.15) is 52.4 Å². The number of likely N-dealkylation sites (N-methyl/N-ethyl adjacent to an activating group) is 1. The molecule has 2 rings (SSSR count). The maximum Gasteiger partial charge on any atom is 0.0107 e. The van der Waals surface area contributed by atoms with Crippen LogP contribution in [0, 0.1) is 11.8 Å². The van der Waals surface area contributed by atoms with Gasteiger partial charge in [0.25, 0.3) is 0 Å². The largest absolute Gasteiger partial charge is 0.313 e. The smallest absolute Gasteiger partial charge is 0.0107 e. The van der Waals surface area contributed by atoms with E-state index in [-0.39, 0.29) is 0 Å². The first-order valence-electron chi connectivity index (χ1n) is 7.60. The van der Waals surface area contributed by atoms with Gasteiger partial charge in [0, 0.05) is 25.2 Å². The third-order valence-corrected chi connectivity index (χ3v) is 4.87. The maximum absolute atomic E-state index is 3.68. The van der Waals surface area contributed by atoms with Crippen molar-refractivity contribution >= 4 is 0 Å². The molecule has 0 saturated heterocycles. The van der Waals surface area contributed by atoms with Crippen LogP contribution in [0.2, 0.25) is 0 Å². The monoisotopic (exact) mass is 238 g/mol. The van der Waals surface area contributed by atoms with E-state index in [1.807, 2.05) is 0 Å². The van der Waals surface area contributed by atoms with Crippen molar-refractivity contribution in [3.05, 3.63) is 0 Å². The van der Waals surface area contributed by atoms with E-state index in [2.05, 4.69) is 31.1 Å². The lowest BCUT2D eigenvalue weighted by Gasteiger charge is -2.33. The Labute approximate surface area is 107 Å². The molecule has 0 aliphatic heterocycles. The van der Waals surface area contributed by atoms with Crippen molar-refractivity contribution in [3.8, 4) is 0 Å². The molecule has 2 aliphatic rings. The van der Waals surface area contributed by atoms with Gasteiger partial charge in [-0.2, -0.15) is 0 Å². The molecule has 0 aromatic heterocycles. The molecular weight excluding hydrogens is 208 g/mol. The molecule has 17 heavy (non-hydrogen) atoms. The second kappa shape index (κ2) is 6.19. The van der Waals surface area contributed by atoms with Crippen molar-refractivity contribution in [2.24, 2.45) is 11.8 Å². The molecule has 1 atom stereocenters. The number of rotatable bonds is 6. The highest BCUT2D eigenvalue weighted by molar-refractivity contribution is 4.83. The van der Waals surface area contributed by atoms with E-state index >= 15 is 0 Å². The Hall–Kier alpha value is -0.0800. The Bertz CT molecular complexity index is 217. The molecule has 0 aromatic carbocycles. The summed E-state index contributed by atoms with van der Waals surface area (Å²) in [5.74, 6) is 1.95. The molecular formula is C15H30N2. The van der Waals surface area contributed by atoms with Crippen molar-refractivity contribution in [1.82, 2.24) is 10.2 Å². The molecule has 0 aromatic rings. The van der Waals surface area contributed by atoms with Gasteiger partial charge in [-0.05, 0) is 64.3 Å². The molecule has 2 aliphatic carbocycles. The van der Waals surface area contributed by atoms with Gasteiger partial charge in [0.2, 0.25) is 0 Å². The zero-order valence-corrected chi connectivity index (χ0v) is 11.9. The molecule has 0 radical (unpaired) electrons. The second-order valence-corrected chi connectivity index (χ2v) is 6.47. The van der Waals surface area contributed by atoms with Crippen molar-refractivity contribution < 1.29 is 0 Å². The SMILES string of the molecule is CC1CCC(N(C)CCNC(C)C2CC2)CC1. The predicted molar refractivity (Wildman–Crippen MR) is 74.2 cm³/mol. The summed E-state index contributed by atoms with van der Waals surface area (Å²) in [5.41, 5.74) is 0. The lowest BCUT2D eigenvalue weighted by molar-refractivity contribution is 0.169. The molecule has 0 spiro atoms. The van der Waals surface area contributed by atoms with E-state index in [1.54, 1.807) is 0 Å². The van der Waals surface area contributed by atoms with E-state index in [1.165, 1.54) is 51.6 Å². The summed E-state index contributed by atoms with van der Waals surface area (Å²) in [6.45, 7) is 7.13. The van der Waals surface area contributed by atoms with Crippen LogP contribution < -0.4 is 5.32 Å². The fourth-order valence-electron chi connectivity index (χ4n) is 3.10.